The number of nitrogens with one attached hydrogen (secondary N) is 1. The van der Waals surface area contributed by atoms with Gasteiger partial charge in [0.2, 0.25) is 0 Å². The quantitative estimate of drug-likeness (QED) is 0.504. The molecule has 0 aromatic heterocycles. The second kappa shape index (κ2) is 8.23. The number of likely N-dealkylation sites (tertiary alicyclic amines) is 1. The Hall–Kier alpha value is -2.24. The van der Waals surface area contributed by atoms with E-state index in [1.54, 1.807) is 12.1 Å². The second-order valence-electron chi connectivity index (χ2n) is 7.03. The van der Waals surface area contributed by atoms with E-state index >= 15 is 0 Å². The van der Waals surface area contributed by atoms with Crippen LogP contribution in [0.1, 0.15) is 43.1 Å². The Morgan fingerprint density at radius 1 is 1.36 bits per heavy atom. The molecule has 2 rings (SSSR count). The summed E-state index contributed by atoms with van der Waals surface area (Å²) in [5.41, 5.74) is 1.68. The average Bonchev–Trinajstić information content (AvgIpc) is 2.97. The molecule has 1 aliphatic heterocycles. The fraction of sp³-hybridized carbons (Fsp3) is 0.579. The van der Waals surface area contributed by atoms with Crippen molar-refractivity contribution in [1.82, 2.24) is 10.2 Å². The highest BCUT2D eigenvalue weighted by Crippen LogP contribution is 2.28. The maximum atomic E-state index is 11.9. The van der Waals surface area contributed by atoms with Crippen LogP contribution in [0.25, 0.3) is 0 Å². The highest BCUT2D eigenvalue weighted by Gasteiger charge is 2.30. The van der Waals surface area contributed by atoms with Crippen molar-refractivity contribution in [1.29, 1.82) is 0 Å². The van der Waals surface area contributed by atoms with Gasteiger partial charge in [-0.1, -0.05) is 19.9 Å². The number of nitrogens with zero attached hydrogens (tertiary/aromatic N) is 2. The molecule has 0 spiro atoms. The van der Waals surface area contributed by atoms with Gasteiger partial charge >= 0.3 is 5.97 Å². The van der Waals surface area contributed by atoms with Gasteiger partial charge in [-0.15, -0.1) is 0 Å². The number of ether oxygens (including phenoxy) is 2. The van der Waals surface area contributed by atoms with Gasteiger partial charge in [0, 0.05) is 19.6 Å². The molecule has 6 heteroatoms. The van der Waals surface area contributed by atoms with E-state index in [2.05, 4.69) is 31.0 Å². The number of hydrogen-bond donors (Lipinski definition) is 1. The lowest BCUT2D eigenvalue weighted by Crippen LogP contribution is -2.40. The molecule has 1 N–H and O–H groups in total. The summed E-state index contributed by atoms with van der Waals surface area (Å²) in [5, 5.41) is 3.36. The Kier molecular flexibility index (Phi) is 6.28. The molecule has 138 valence electrons. The standard InChI is InChI=1S/C19H29N3O3/c1-6-20-18(22-10-9-19(2,3)13-22)21-12-14-7-8-16(24-4)15(11-14)17(23)25-5/h7-8,11H,6,9-10,12-13H2,1-5H3,(H,20,21). The molecule has 1 aromatic carbocycles. The highest BCUT2D eigenvalue weighted by atomic mass is 16.5. The first-order valence-electron chi connectivity index (χ1n) is 8.68. The number of hydrogen-bond acceptors (Lipinski definition) is 4. The van der Waals surface area contributed by atoms with Crippen molar-refractivity contribution < 1.29 is 14.3 Å². The minimum atomic E-state index is -0.407. The van der Waals surface area contributed by atoms with Gasteiger partial charge in [-0.3, -0.25) is 0 Å². The van der Waals surface area contributed by atoms with E-state index in [0.717, 1.165) is 37.6 Å². The van der Waals surface area contributed by atoms with E-state index in [9.17, 15) is 4.79 Å². The first kappa shape index (κ1) is 19.1. The Labute approximate surface area is 150 Å². The van der Waals surface area contributed by atoms with E-state index in [4.69, 9.17) is 14.5 Å². The normalized spacial score (nSPS) is 16.7. The molecule has 6 nitrogen and oxygen atoms in total. The Balaban J connectivity index is 2.18. The lowest BCUT2D eigenvalue weighted by Gasteiger charge is -2.23. The van der Waals surface area contributed by atoms with Crippen LogP contribution in [0.2, 0.25) is 0 Å². The zero-order valence-corrected chi connectivity index (χ0v) is 15.9. The molecule has 25 heavy (non-hydrogen) atoms. The molecule has 0 aliphatic carbocycles. The molecule has 0 bridgehead atoms. The Bertz CT molecular complexity index is 641. The van der Waals surface area contributed by atoms with E-state index < -0.39 is 5.97 Å². The predicted molar refractivity (Wildman–Crippen MR) is 99.1 cm³/mol. The van der Waals surface area contributed by atoms with Crippen molar-refractivity contribution >= 4 is 11.9 Å². The number of aliphatic imine (C=N–C) groups is 1. The van der Waals surface area contributed by atoms with E-state index in [-0.39, 0.29) is 0 Å². The first-order valence-corrected chi connectivity index (χ1v) is 8.68. The molecule has 0 amide bonds. The van der Waals surface area contributed by atoms with Crippen LogP contribution in [0, 0.1) is 5.41 Å². The maximum absolute atomic E-state index is 11.9. The molecule has 0 radical (unpaired) electrons. The molecule has 0 saturated carbocycles. The molecule has 0 unspecified atom stereocenters. The number of guanidine groups is 1. The third-order valence-electron chi connectivity index (χ3n) is 4.39. The molecule has 1 fully saturated rings. The number of methoxy groups -OCH3 is 2. The van der Waals surface area contributed by atoms with Crippen LogP contribution in [0.5, 0.6) is 5.75 Å². The van der Waals surface area contributed by atoms with Gasteiger partial charge in [-0.2, -0.15) is 0 Å². The van der Waals surface area contributed by atoms with Crippen molar-refractivity contribution in [2.45, 2.75) is 33.7 Å². The van der Waals surface area contributed by atoms with Gasteiger partial charge in [-0.25, -0.2) is 9.79 Å². The van der Waals surface area contributed by atoms with Gasteiger partial charge in [0.05, 0.1) is 20.8 Å². The molecular formula is C19H29N3O3. The highest BCUT2D eigenvalue weighted by molar-refractivity contribution is 5.92. The lowest BCUT2D eigenvalue weighted by molar-refractivity contribution is 0.0597. The van der Waals surface area contributed by atoms with Crippen LogP contribution >= 0.6 is 0 Å². The molecule has 1 heterocycles. The van der Waals surface area contributed by atoms with Crippen molar-refractivity contribution in [2.24, 2.45) is 10.4 Å². The summed E-state index contributed by atoms with van der Waals surface area (Å²) < 4.78 is 10.1. The number of benzene rings is 1. The van der Waals surface area contributed by atoms with Crippen LogP contribution < -0.4 is 10.1 Å². The summed E-state index contributed by atoms with van der Waals surface area (Å²) in [4.78, 5) is 19.0. The first-order chi connectivity index (χ1) is 11.9. The molecule has 1 aliphatic rings. The van der Waals surface area contributed by atoms with E-state index in [1.165, 1.54) is 14.2 Å². The van der Waals surface area contributed by atoms with Crippen LogP contribution in [0.15, 0.2) is 23.2 Å². The SMILES string of the molecule is CCNC(=NCc1ccc(OC)c(C(=O)OC)c1)N1CCC(C)(C)C1. The summed E-state index contributed by atoms with van der Waals surface area (Å²) in [5.74, 6) is 1.02. The molecule has 0 atom stereocenters. The number of carbonyl (C=O) groups is 1. The third-order valence-corrected chi connectivity index (χ3v) is 4.39. The fourth-order valence-corrected chi connectivity index (χ4v) is 3.01. The summed E-state index contributed by atoms with van der Waals surface area (Å²) in [6.07, 6.45) is 1.16. The molecular weight excluding hydrogens is 318 g/mol. The van der Waals surface area contributed by atoms with Gasteiger partial charge in [0.1, 0.15) is 11.3 Å². The van der Waals surface area contributed by atoms with Gasteiger partial charge < -0.3 is 19.7 Å². The van der Waals surface area contributed by atoms with Gasteiger partial charge in [-0.05, 0) is 36.5 Å². The number of carbonyl (C=O) groups excluding carboxylic acids is 1. The maximum Gasteiger partial charge on any atom is 0.341 e. The lowest BCUT2D eigenvalue weighted by atomic mass is 9.93. The fourth-order valence-electron chi connectivity index (χ4n) is 3.01. The van der Waals surface area contributed by atoms with Gasteiger partial charge in [0.25, 0.3) is 0 Å². The van der Waals surface area contributed by atoms with Crippen LogP contribution in [0.4, 0.5) is 0 Å². The number of esters is 1. The minimum absolute atomic E-state index is 0.314. The summed E-state index contributed by atoms with van der Waals surface area (Å²) >= 11 is 0. The zero-order chi connectivity index (χ0) is 18.4. The van der Waals surface area contributed by atoms with Crippen molar-refractivity contribution in [3.63, 3.8) is 0 Å². The average molecular weight is 347 g/mol. The Morgan fingerprint density at radius 3 is 2.68 bits per heavy atom. The summed E-state index contributed by atoms with van der Waals surface area (Å²) in [6.45, 7) is 9.95. The van der Waals surface area contributed by atoms with Crippen molar-refractivity contribution in [2.75, 3.05) is 33.9 Å². The minimum Gasteiger partial charge on any atom is -0.496 e. The number of rotatable bonds is 5. The molecule has 1 saturated heterocycles. The smallest absolute Gasteiger partial charge is 0.341 e. The largest absolute Gasteiger partial charge is 0.496 e. The predicted octanol–water partition coefficient (Wildman–Crippen LogP) is 2.68. The van der Waals surface area contributed by atoms with E-state index in [0.29, 0.717) is 23.3 Å². The molecule has 1 aromatic rings. The summed E-state index contributed by atoms with van der Waals surface area (Å²) in [6, 6.07) is 5.49. The Morgan fingerprint density at radius 2 is 2.12 bits per heavy atom. The van der Waals surface area contributed by atoms with E-state index in [1.807, 2.05) is 6.07 Å². The topological polar surface area (TPSA) is 63.2 Å². The second-order valence-corrected chi connectivity index (χ2v) is 7.03. The van der Waals surface area contributed by atoms with Crippen LogP contribution in [0.3, 0.4) is 0 Å². The summed E-state index contributed by atoms with van der Waals surface area (Å²) in [7, 11) is 2.91. The van der Waals surface area contributed by atoms with Crippen LogP contribution in [-0.2, 0) is 11.3 Å². The third kappa shape index (κ3) is 4.87. The zero-order valence-electron chi connectivity index (χ0n) is 15.9. The monoisotopic (exact) mass is 347 g/mol. The van der Waals surface area contributed by atoms with Crippen LogP contribution in [-0.4, -0.2) is 50.7 Å². The van der Waals surface area contributed by atoms with Gasteiger partial charge in [0.15, 0.2) is 5.96 Å². The van der Waals surface area contributed by atoms with Crippen molar-refractivity contribution in [3.05, 3.63) is 29.3 Å². The van der Waals surface area contributed by atoms with Crippen molar-refractivity contribution in [3.8, 4) is 5.75 Å².